The molecule has 1 aliphatic rings. The van der Waals surface area contributed by atoms with Crippen molar-refractivity contribution in [2.24, 2.45) is 0 Å². The van der Waals surface area contributed by atoms with Crippen molar-refractivity contribution in [3.63, 3.8) is 0 Å². The third kappa shape index (κ3) is 3.73. The van der Waals surface area contributed by atoms with E-state index in [0.717, 1.165) is 6.04 Å². The predicted molar refractivity (Wildman–Crippen MR) is 48.8 cm³/mol. The molecule has 0 radical (unpaired) electrons. The van der Waals surface area contributed by atoms with Crippen LogP contribution in [0.25, 0.3) is 0 Å². The van der Waals surface area contributed by atoms with E-state index in [0.29, 0.717) is 0 Å². The van der Waals surface area contributed by atoms with Crippen molar-refractivity contribution >= 4 is 0 Å². The van der Waals surface area contributed by atoms with Crippen LogP contribution in [0, 0.1) is 0 Å². The summed E-state index contributed by atoms with van der Waals surface area (Å²) < 4.78 is 0. The molecule has 1 fully saturated rings. The molecule has 1 saturated heterocycles. The lowest BCUT2D eigenvalue weighted by Crippen LogP contribution is -2.21. The molecule has 0 aromatic heterocycles. The van der Waals surface area contributed by atoms with Gasteiger partial charge in [-0.05, 0) is 45.8 Å². The summed E-state index contributed by atoms with van der Waals surface area (Å²) in [6.45, 7) is 2.42. The van der Waals surface area contributed by atoms with Gasteiger partial charge in [0, 0.05) is 6.04 Å². The maximum Gasteiger partial charge on any atom is 0.00675 e. The van der Waals surface area contributed by atoms with E-state index in [1.807, 2.05) is 7.05 Å². The van der Waals surface area contributed by atoms with E-state index < -0.39 is 0 Å². The summed E-state index contributed by atoms with van der Waals surface area (Å²) in [5.41, 5.74) is 0. The summed E-state index contributed by atoms with van der Waals surface area (Å²) in [7, 11) is 2.02. The number of hydrogen-bond acceptors (Lipinski definition) is 2. The second-order valence-corrected chi connectivity index (χ2v) is 3.39. The Morgan fingerprint density at radius 2 is 2.36 bits per heavy atom. The van der Waals surface area contributed by atoms with Gasteiger partial charge in [-0.3, -0.25) is 0 Å². The third-order valence-corrected chi connectivity index (χ3v) is 2.39. The summed E-state index contributed by atoms with van der Waals surface area (Å²) in [6.07, 6.45) is 6.87. The zero-order chi connectivity index (χ0) is 7.94. The van der Waals surface area contributed by atoms with Crippen molar-refractivity contribution in [2.75, 3.05) is 20.1 Å². The first-order chi connectivity index (χ1) is 5.43. The quantitative estimate of drug-likeness (QED) is 0.583. The lowest BCUT2D eigenvalue weighted by Gasteiger charge is -2.08. The van der Waals surface area contributed by atoms with E-state index in [1.54, 1.807) is 0 Å². The van der Waals surface area contributed by atoms with Crippen molar-refractivity contribution in [3.8, 4) is 0 Å². The minimum atomic E-state index is 0.840. The fourth-order valence-corrected chi connectivity index (χ4v) is 1.70. The van der Waals surface area contributed by atoms with E-state index in [-0.39, 0.29) is 0 Å². The molecule has 1 aliphatic heterocycles. The average Bonchev–Trinajstić information content (AvgIpc) is 2.50. The summed E-state index contributed by atoms with van der Waals surface area (Å²) in [6, 6.07) is 0.840. The van der Waals surface area contributed by atoms with Crippen molar-refractivity contribution < 1.29 is 0 Å². The highest BCUT2D eigenvalue weighted by Crippen LogP contribution is 2.11. The SMILES string of the molecule is CNCCCCC1CCCN1. The molecule has 2 heteroatoms. The Morgan fingerprint density at radius 1 is 1.45 bits per heavy atom. The van der Waals surface area contributed by atoms with E-state index in [1.165, 1.54) is 45.2 Å². The first-order valence-corrected chi connectivity index (χ1v) is 4.81. The summed E-state index contributed by atoms with van der Waals surface area (Å²) >= 11 is 0. The van der Waals surface area contributed by atoms with Gasteiger partial charge in [-0.15, -0.1) is 0 Å². The molecule has 2 nitrogen and oxygen atoms in total. The molecule has 11 heavy (non-hydrogen) atoms. The predicted octanol–water partition coefficient (Wildman–Crippen LogP) is 1.13. The molecule has 0 aromatic carbocycles. The zero-order valence-corrected chi connectivity index (χ0v) is 7.53. The van der Waals surface area contributed by atoms with Gasteiger partial charge in [-0.2, -0.15) is 0 Å². The van der Waals surface area contributed by atoms with Crippen LogP contribution in [0.5, 0.6) is 0 Å². The van der Waals surface area contributed by atoms with Crippen LogP contribution in [0.3, 0.4) is 0 Å². The molecule has 1 unspecified atom stereocenters. The Labute approximate surface area is 69.8 Å². The molecular weight excluding hydrogens is 136 g/mol. The molecule has 0 amide bonds. The van der Waals surface area contributed by atoms with Crippen LogP contribution in [-0.2, 0) is 0 Å². The lowest BCUT2D eigenvalue weighted by atomic mass is 10.1. The van der Waals surface area contributed by atoms with Gasteiger partial charge in [0.1, 0.15) is 0 Å². The second-order valence-electron chi connectivity index (χ2n) is 3.39. The smallest absolute Gasteiger partial charge is 0.00675 e. The Hall–Kier alpha value is -0.0800. The van der Waals surface area contributed by atoms with Crippen molar-refractivity contribution in [3.05, 3.63) is 0 Å². The average molecular weight is 156 g/mol. The molecule has 0 spiro atoms. The monoisotopic (exact) mass is 156 g/mol. The standard InChI is InChI=1S/C9H20N2/c1-10-7-3-2-5-9-6-4-8-11-9/h9-11H,2-8H2,1H3. The highest BCUT2D eigenvalue weighted by molar-refractivity contribution is 4.73. The topological polar surface area (TPSA) is 24.1 Å². The Kier molecular flexibility index (Phi) is 4.55. The van der Waals surface area contributed by atoms with Crippen LogP contribution in [0.1, 0.15) is 32.1 Å². The first-order valence-electron chi connectivity index (χ1n) is 4.81. The van der Waals surface area contributed by atoms with E-state index in [9.17, 15) is 0 Å². The van der Waals surface area contributed by atoms with Crippen LogP contribution in [-0.4, -0.2) is 26.2 Å². The van der Waals surface area contributed by atoms with Gasteiger partial charge in [-0.1, -0.05) is 6.42 Å². The fourth-order valence-electron chi connectivity index (χ4n) is 1.70. The molecule has 1 heterocycles. The van der Waals surface area contributed by atoms with Gasteiger partial charge >= 0.3 is 0 Å². The van der Waals surface area contributed by atoms with Crippen molar-refractivity contribution in [2.45, 2.75) is 38.1 Å². The lowest BCUT2D eigenvalue weighted by molar-refractivity contribution is 0.517. The highest BCUT2D eigenvalue weighted by atomic mass is 14.9. The van der Waals surface area contributed by atoms with Crippen LogP contribution < -0.4 is 10.6 Å². The minimum absolute atomic E-state index is 0.840. The van der Waals surface area contributed by atoms with Gasteiger partial charge in [0.05, 0.1) is 0 Å². The fraction of sp³-hybridized carbons (Fsp3) is 1.00. The molecule has 2 N–H and O–H groups in total. The molecule has 0 saturated carbocycles. The zero-order valence-electron chi connectivity index (χ0n) is 7.53. The maximum atomic E-state index is 3.51. The molecular formula is C9H20N2. The van der Waals surface area contributed by atoms with Crippen LogP contribution in [0.15, 0.2) is 0 Å². The summed E-state index contributed by atoms with van der Waals surface area (Å²) in [4.78, 5) is 0. The highest BCUT2D eigenvalue weighted by Gasteiger charge is 2.12. The first kappa shape index (κ1) is 9.01. The second kappa shape index (κ2) is 5.56. The third-order valence-electron chi connectivity index (χ3n) is 2.39. The van der Waals surface area contributed by atoms with Crippen LogP contribution in [0.2, 0.25) is 0 Å². The van der Waals surface area contributed by atoms with Crippen LogP contribution in [0.4, 0.5) is 0 Å². The molecule has 0 bridgehead atoms. The summed E-state index contributed by atoms with van der Waals surface area (Å²) in [5, 5.41) is 6.69. The van der Waals surface area contributed by atoms with Gasteiger partial charge in [-0.25, -0.2) is 0 Å². The van der Waals surface area contributed by atoms with E-state index in [4.69, 9.17) is 0 Å². The van der Waals surface area contributed by atoms with Gasteiger partial charge in [0.25, 0.3) is 0 Å². The molecule has 1 atom stereocenters. The van der Waals surface area contributed by atoms with E-state index in [2.05, 4.69) is 10.6 Å². The molecule has 1 rings (SSSR count). The molecule has 66 valence electrons. The van der Waals surface area contributed by atoms with Crippen molar-refractivity contribution in [1.82, 2.24) is 10.6 Å². The molecule has 0 aliphatic carbocycles. The van der Waals surface area contributed by atoms with Gasteiger partial charge in [0.2, 0.25) is 0 Å². The Bertz CT molecular complexity index is 87.6. The van der Waals surface area contributed by atoms with Crippen molar-refractivity contribution in [1.29, 1.82) is 0 Å². The van der Waals surface area contributed by atoms with Crippen LogP contribution >= 0.6 is 0 Å². The molecule has 0 aromatic rings. The number of nitrogens with one attached hydrogen (secondary N) is 2. The van der Waals surface area contributed by atoms with Gasteiger partial charge < -0.3 is 10.6 Å². The Balaban J connectivity index is 1.86. The number of unbranched alkanes of at least 4 members (excludes halogenated alkanes) is 1. The largest absolute Gasteiger partial charge is 0.320 e. The Morgan fingerprint density at radius 3 is 3.00 bits per heavy atom. The van der Waals surface area contributed by atoms with E-state index >= 15 is 0 Å². The number of rotatable bonds is 5. The normalized spacial score (nSPS) is 24.3. The number of hydrogen-bond donors (Lipinski definition) is 2. The van der Waals surface area contributed by atoms with Gasteiger partial charge in [0.15, 0.2) is 0 Å². The summed E-state index contributed by atoms with van der Waals surface area (Å²) in [5.74, 6) is 0. The minimum Gasteiger partial charge on any atom is -0.320 e. The maximum absolute atomic E-state index is 3.51.